The number of rotatable bonds is 4. The number of benzene rings is 1. The molecule has 25 heavy (non-hydrogen) atoms. The standard InChI is InChI=1S/C18H16ClN3O2S/c19-13-3-1-11(2-4-13)16(23)15-9-12-10-20-18(22-17(12)25-15)21-14-5-7-24-8-6-14/h1-4,9-10,14H,5-8H2,(H,20,21,22). The van der Waals surface area contributed by atoms with Crippen LogP contribution in [0.25, 0.3) is 10.2 Å². The van der Waals surface area contributed by atoms with Crippen LogP contribution in [0.5, 0.6) is 0 Å². The van der Waals surface area contributed by atoms with Crippen LogP contribution >= 0.6 is 22.9 Å². The molecule has 1 N–H and O–H groups in total. The van der Waals surface area contributed by atoms with Gasteiger partial charge in [0.1, 0.15) is 4.83 Å². The number of hydrogen-bond donors (Lipinski definition) is 1. The molecule has 5 nitrogen and oxygen atoms in total. The van der Waals surface area contributed by atoms with E-state index in [1.54, 1.807) is 30.5 Å². The van der Waals surface area contributed by atoms with Gasteiger partial charge in [-0.05, 0) is 43.2 Å². The summed E-state index contributed by atoms with van der Waals surface area (Å²) in [4.78, 5) is 23.0. The van der Waals surface area contributed by atoms with E-state index in [9.17, 15) is 4.79 Å². The Morgan fingerprint density at radius 2 is 2.00 bits per heavy atom. The Balaban J connectivity index is 1.57. The Kier molecular flexibility index (Phi) is 4.65. The lowest BCUT2D eigenvalue weighted by Gasteiger charge is -2.22. The van der Waals surface area contributed by atoms with Crippen molar-refractivity contribution in [1.82, 2.24) is 9.97 Å². The average Bonchev–Trinajstić information content (AvgIpc) is 3.06. The van der Waals surface area contributed by atoms with E-state index >= 15 is 0 Å². The number of anilines is 1. The van der Waals surface area contributed by atoms with E-state index in [1.807, 2.05) is 6.07 Å². The molecule has 128 valence electrons. The third-order valence-electron chi connectivity index (χ3n) is 4.16. The first kappa shape index (κ1) is 16.4. The summed E-state index contributed by atoms with van der Waals surface area (Å²) in [6, 6.07) is 9.09. The van der Waals surface area contributed by atoms with Gasteiger partial charge >= 0.3 is 0 Å². The van der Waals surface area contributed by atoms with Crippen LogP contribution in [0.3, 0.4) is 0 Å². The van der Waals surface area contributed by atoms with Crippen LogP contribution < -0.4 is 5.32 Å². The molecule has 0 saturated carbocycles. The Morgan fingerprint density at radius 3 is 2.76 bits per heavy atom. The summed E-state index contributed by atoms with van der Waals surface area (Å²) in [5.41, 5.74) is 0.615. The van der Waals surface area contributed by atoms with Gasteiger partial charge in [0.25, 0.3) is 0 Å². The van der Waals surface area contributed by atoms with Crippen LogP contribution in [0.2, 0.25) is 5.02 Å². The minimum atomic E-state index is -0.0291. The Hall–Kier alpha value is -2.02. The highest BCUT2D eigenvalue weighted by Gasteiger charge is 2.17. The molecule has 0 aliphatic carbocycles. The number of ketones is 1. The first-order valence-corrected chi connectivity index (χ1v) is 9.29. The molecule has 2 aromatic heterocycles. The van der Waals surface area contributed by atoms with Crippen LogP contribution in [-0.4, -0.2) is 35.0 Å². The lowest BCUT2D eigenvalue weighted by atomic mass is 10.1. The Labute approximate surface area is 154 Å². The fourth-order valence-corrected chi connectivity index (χ4v) is 3.87. The van der Waals surface area contributed by atoms with Gasteiger partial charge in [-0.3, -0.25) is 4.79 Å². The van der Waals surface area contributed by atoms with Gasteiger partial charge in [-0.25, -0.2) is 9.97 Å². The molecular weight excluding hydrogens is 358 g/mol. The molecule has 1 fully saturated rings. The zero-order chi connectivity index (χ0) is 17.2. The topological polar surface area (TPSA) is 64.1 Å². The molecule has 0 atom stereocenters. The number of hydrogen-bond acceptors (Lipinski definition) is 6. The molecule has 3 aromatic rings. The monoisotopic (exact) mass is 373 g/mol. The van der Waals surface area contributed by atoms with Gasteiger partial charge in [0, 0.05) is 41.4 Å². The second-order valence-electron chi connectivity index (χ2n) is 5.93. The number of carbonyl (C=O) groups excluding carboxylic acids is 1. The van der Waals surface area contributed by atoms with Crippen molar-refractivity contribution in [2.45, 2.75) is 18.9 Å². The van der Waals surface area contributed by atoms with Crippen LogP contribution in [0.15, 0.2) is 36.5 Å². The third kappa shape index (κ3) is 3.66. The van der Waals surface area contributed by atoms with Gasteiger partial charge in [0.05, 0.1) is 4.88 Å². The quantitative estimate of drug-likeness (QED) is 0.695. The van der Waals surface area contributed by atoms with E-state index in [-0.39, 0.29) is 5.78 Å². The van der Waals surface area contributed by atoms with Crippen molar-refractivity contribution in [2.75, 3.05) is 18.5 Å². The molecule has 1 saturated heterocycles. The minimum absolute atomic E-state index is 0.0291. The summed E-state index contributed by atoms with van der Waals surface area (Å²) in [6.07, 6.45) is 3.66. The van der Waals surface area contributed by atoms with E-state index in [4.69, 9.17) is 16.3 Å². The molecule has 0 amide bonds. The van der Waals surface area contributed by atoms with E-state index in [0.29, 0.717) is 27.5 Å². The molecule has 1 aliphatic heterocycles. The Morgan fingerprint density at radius 1 is 1.24 bits per heavy atom. The van der Waals surface area contributed by atoms with Gasteiger partial charge < -0.3 is 10.1 Å². The van der Waals surface area contributed by atoms with Crippen LogP contribution in [-0.2, 0) is 4.74 Å². The minimum Gasteiger partial charge on any atom is -0.381 e. The molecule has 3 heterocycles. The number of aromatic nitrogens is 2. The molecule has 7 heteroatoms. The van der Waals surface area contributed by atoms with E-state index in [0.717, 1.165) is 36.3 Å². The maximum Gasteiger partial charge on any atom is 0.224 e. The first-order valence-electron chi connectivity index (χ1n) is 8.10. The van der Waals surface area contributed by atoms with Crippen molar-refractivity contribution in [3.8, 4) is 0 Å². The van der Waals surface area contributed by atoms with Crippen molar-refractivity contribution >= 4 is 44.9 Å². The number of fused-ring (bicyclic) bond motifs is 1. The largest absolute Gasteiger partial charge is 0.381 e. The van der Waals surface area contributed by atoms with Gasteiger partial charge in [0.2, 0.25) is 11.7 Å². The highest BCUT2D eigenvalue weighted by molar-refractivity contribution is 7.20. The maximum absolute atomic E-state index is 12.6. The second-order valence-corrected chi connectivity index (χ2v) is 7.40. The third-order valence-corrected chi connectivity index (χ3v) is 5.45. The van der Waals surface area contributed by atoms with Crippen molar-refractivity contribution in [2.24, 2.45) is 0 Å². The predicted octanol–water partition coefficient (Wildman–Crippen LogP) is 4.17. The fraction of sp³-hybridized carbons (Fsp3) is 0.278. The number of thiophene rings is 1. The highest BCUT2D eigenvalue weighted by Crippen LogP contribution is 2.27. The number of halogens is 1. The van der Waals surface area contributed by atoms with Gasteiger partial charge in [-0.2, -0.15) is 0 Å². The number of nitrogens with zero attached hydrogens (tertiary/aromatic N) is 2. The highest BCUT2D eigenvalue weighted by atomic mass is 35.5. The molecule has 0 unspecified atom stereocenters. The lowest BCUT2D eigenvalue weighted by molar-refractivity contribution is 0.0903. The fourth-order valence-electron chi connectivity index (χ4n) is 2.78. The summed E-state index contributed by atoms with van der Waals surface area (Å²) in [5.74, 6) is 0.574. The molecule has 0 bridgehead atoms. The lowest BCUT2D eigenvalue weighted by Crippen LogP contribution is -2.28. The summed E-state index contributed by atoms with van der Waals surface area (Å²) >= 11 is 7.26. The SMILES string of the molecule is O=C(c1ccc(Cl)cc1)c1cc2cnc(NC3CCOCC3)nc2s1. The molecule has 0 spiro atoms. The molecule has 4 rings (SSSR count). The number of carbonyl (C=O) groups is 1. The van der Waals surface area contributed by atoms with Crippen molar-refractivity contribution < 1.29 is 9.53 Å². The average molecular weight is 374 g/mol. The molecular formula is C18H16ClN3O2S. The van der Waals surface area contributed by atoms with Gasteiger partial charge in [-0.1, -0.05) is 11.6 Å². The zero-order valence-corrected chi connectivity index (χ0v) is 14.9. The number of ether oxygens (including phenoxy) is 1. The van der Waals surface area contributed by atoms with Crippen molar-refractivity contribution in [3.63, 3.8) is 0 Å². The smallest absolute Gasteiger partial charge is 0.224 e. The molecule has 1 aromatic carbocycles. The first-order chi connectivity index (χ1) is 12.2. The molecule has 1 aliphatic rings. The van der Waals surface area contributed by atoms with Crippen LogP contribution in [0.4, 0.5) is 5.95 Å². The second kappa shape index (κ2) is 7.07. The summed E-state index contributed by atoms with van der Waals surface area (Å²) < 4.78 is 5.36. The van der Waals surface area contributed by atoms with Crippen molar-refractivity contribution in [1.29, 1.82) is 0 Å². The van der Waals surface area contributed by atoms with Gasteiger partial charge in [0.15, 0.2) is 0 Å². The zero-order valence-electron chi connectivity index (χ0n) is 13.4. The summed E-state index contributed by atoms with van der Waals surface area (Å²) in [7, 11) is 0. The summed E-state index contributed by atoms with van der Waals surface area (Å²) in [5, 5.41) is 4.84. The van der Waals surface area contributed by atoms with E-state index < -0.39 is 0 Å². The number of nitrogens with one attached hydrogen (secondary N) is 1. The van der Waals surface area contributed by atoms with E-state index in [2.05, 4.69) is 15.3 Å². The normalized spacial score (nSPS) is 15.4. The van der Waals surface area contributed by atoms with Crippen LogP contribution in [0, 0.1) is 0 Å². The van der Waals surface area contributed by atoms with E-state index in [1.165, 1.54) is 11.3 Å². The van der Waals surface area contributed by atoms with Crippen molar-refractivity contribution in [3.05, 3.63) is 52.0 Å². The maximum atomic E-state index is 12.6. The van der Waals surface area contributed by atoms with Gasteiger partial charge in [-0.15, -0.1) is 11.3 Å². The summed E-state index contributed by atoms with van der Waals surface area (Å²) in [6.45, 7) is 1.53. The predicted molar refractivity (Wildman–Crippen MR) is 99.8 cm³/mol. The molecule has 0 radical (unpaired) electrons. The Bertz CT molecular complexity index is 904. The van der Waals surface area contributed by atoms with Crippen LogP contribution in [0.1, 0.15) is 28.1 Å².